The van der Waals surface area contributed by atoms with E-state index in [1.165, 1.54) is 0 Å². The molecule has 7 heteroatoms. The summed E-state index contributed by atoms with van der Waals surface area (Å²) in [4.78, 5) is 23.8. The van der Waals surface area contributed by atoms with Gasteiger partial charge in [-0.3, -0.25) is 4.79 Å². The summed E-state index contributed by atoms with van der Waals surface area (Å²) in [6, 6.07) is 13.6. The molecule has 0 atom stereocenters. The Morgan fingerprint density at radius 3 is 2.40 bits per heavy atom. The first-order valence-electron chi connectivity index (χ1n) is 7.29. The number of fused-ring (bicyclic) bond motifs is 1. The number of rotatable bonds is 6. The van der Waals surface area contributed by atoms with E-state index in [0.717, 1.165) is 5.39 Å². The molecule has 3 rings (SSSR count). The summed E-state index contributed by atoms with van der Waals surface area (Å²) in [6.07, 6.45) is 0. The van der Waals surface area contributed by atoms with Crippen LogP contribution in [0.2, 0.25) is 10.0 Å². The topological polar surface area (TPSA) is 65.7 Å². The van der Waals surface area contributed by atoms with Gasteiger partial charge in [0.25, 0.3) is 0 Å². The molecule has 1 aromatic heterocycles. The Balaban J connectivity index is 1.54. The molecule has 0 saturated heterocycles. The highest BCUT2D eigenvalue weighted by Gasteiger charge is 2.16. The maximum Gasteiger partial charge on any atom is 0.344 e. The van der Waals surface area contributed by atoms with E-state index in [2.05, 4.69) is 0 Å². The van der Waals surface area contributed by atoms with E-state index in [9.17, 15) is 9.59 Å². The highest BCUT2D eigenvalue weighted by molar-refractivity contribution is 6.37. The van der Waals surface area contributed by atoms with E-state index in [0.29, 0.717) is 5.58 Å². The van der Waals surface area contributed by atoms with Crippen LogP contribution in [0.15, 0.2) is 52.9 Å². The molecule has 0 unspecified atom stereocenters. The third-order valence-electron chi connectivity index (χ3n) is 3.32. The molecule has 3 aromatic rings. The van der Waals surface area contributed by atoms with Gasteiger partial charge in [0.1, 0.15) is 5.58 Å². The Hall–Kier alpha value is -2.50. The number of furan rings is 1. The third-order valence-corrected chi connectivity index (χ3v) is 3.91. The Labute approximate surface area is 153 Å². The lowest BCUT2D eigenvalue weighted by molar-refractivity contribution is -0.144. The van der Waals surface area contributed by atoms with Gasteiger partial charge in [0.2, 0.25) is 5.78 Å². The Kier molecular flexibility index (Phi) is 5.26. The van der Waals surface area contributed by atoms with Crippen molar-refractivity contribution in [3.05, 3.63) is 64.3 Å². The van der Waals surface area contributed by atoms with Gasteiger partial charge in [0, 0.05) is 5.39 Å². The predicted octanol–water partition coefficient (Wildman–Crippen LogP) is 4.54. The maximum absolute atomic E-state index is 12.0. The predicted molar refractivity (Wildman–Crippen MR) is 93.5 cm³/mol. The van der Waals surface area contributed by atoms with Crippen molar-refractivity contribution in [3.8, 4) is 5.75 Å². The molecule has 0 spiro atoms. The van der Waals surface area contributed by atoms with E-state index in [1.54, 1.807) is 36.4 Å². The standard InChI is InChI=1S/C18H12Cl2O5/c19-12-5-3-6-13(20)18(12)24-10-17(22)23-9-14(21)16-8-11-4-1-2-7-15(11)25-16/h1-8H,9-10H2. The largest absolute Gasteiger partial charge is 0.479 e. The van der Waals surface area contributed by atoms with Gasteiger partial charge in [-0.25, -0.2) is 4.79 Å². The van der Waals surface area contributed by atoms with Crippen LogP contribution < -0.4 is 4.74 Å². The van der Waals surface area contributed by atoms with Crippen molar-refractivity contribution in [1.29, 1.82) is 0 Å². The van der Waals surface area contributed by atoms with Crippen LogP contribution in [0, 0.1) is 0 Å². The van der Waals surface area contributed by atoms with Crippen LogP contribution in [-0.4, -0.2) is 25.0 Å². The number of halogens is 2. The van der Waals surface area contributed by atoms with Gasteiger partial charge in [-0.15, -0.1) is 0 Å². The fraction of sp³-hybridized carbons (Fsp3) is 0.111. The van der Waals surface area contributed by atoms with Crippen LogP contribution in [0.5, 0.6) is 5.75 Å². The van der Waals surface area contributed by atoms with Crippen molar-refractivity contribution < 1.29 is 23.5 Å². The number of hydrogen-bond donors (Lipinski definition) is 0. The van der Waals surface area contributed by atoms with Crippen LogP contribution in [0.4, 0.5) is 0 Å². The summed E-state index contributed by atoms with van der Waals surface area (Å²) in [6.45, 7) is -0.866. The quantitative estimate of drug-likeness (QED) is 0.465. The van der Waals surface area contributed by atoms with Crippen molar-refractivity contribution in [3.63, 3.8) is 0 Å². The zero-order chi connectivity index (χ0) is 17.8. The minimum Gasteiger partial charge on any atom is -0.479 e. The van der Waals surface area contributed by atoms with Crippen LogP contribution in [-0.2, 0) is 9.53 Å². The van der Waals surface area contributed by atoms with Gasteiger partial charge in [-0.2, -0.15) is 0 Å². The number of esters is 1. The summed E-state index contributed by atoms with van der Waals surface area (Å²) >= 11 is 11.9. The van der Waals surface area contributed by atoms with E-state index in [-0.39, 0.29) is 21.6 Å². The van der Waals surface area contributed by atoms with Crippen LogP contribution in [0.1, 0.15) is 10.6 Å². The first kappa shape index (κ1) is 17.3. The van der Waals surface area contributed by atoms with Gasteiger partial charge in [-0.1, -0.05) is 47.5 Å². The fourth-order valence-corrected chi connectivity index (χ4v) is 2.64. The van der Waals surface area contributed by atoms with Gasteiger partial charge in [0.15, 0.2) is 24.7 Å². The average molecular weight is 379 g/mol. The molecule has 0 amide bonds. The summed E-state index contributed by atoms with van der Waals surface area (Å²) < 4.78 is 15.6. The van der Waals surface area contributed by atoms with Crippen LogP contribution in [0.25, 0.3) is 11.0 Å². The molecular formula is C18H12Cl2O5. The Morgan fingerprint density at radius 1 is 0.960 bits per heavy atom. The van der Waals surface area contributed by atoms with E-state index >= 15 is 0 Å². The monoisotopic (exact) mass is 378 g/mol. The highest BCUT2D eigenvalue weighted by Crippen LogP contribution is 2.32. The molecule has 128 valence electrons. The minimum absolute atomic E-state index is 0.129. The molecule has 25 heavy (non-hydrogen) atoms. The van der Waals surface area contributed by atoms with Crippen LogP contribution >= 0.6 is 23.2 Å². The zero-order valence-electron chi connectivity index (χ0n) is 12.8. The number of Topliss-reactive ketones (excluding diaryl/α,β-unsaturated/α-hetero) is 1. The van der Waals surface area contributed by atoms with Crippen molar-refractivity contribution in [2.75, 3.05) is 13.2 Å². The number of carbonyl (C=O) groups excluding carboxylic acids is 2. The van der Waals surface area contributed by atoms with Crippen molar-refractivity contribution in [2.24, 2.45) is 0 Å². The number of carbonyl (C=O) groups is 2. The number of hydrogen-bond acceptors (Lipinski definition) is 5. The van der Waals surface area contributed by atoms with E-state index in [1.807, 2.05) is 12.1 Å². The van der Waals surface area contributed by atoms with Crippen LogP contribution in [0.3, 0.4) is 0 Å². The number of ether oxygens (including phenoxy) is 2. The fourth-order valence-electron chi connectivity index (χ4n) is 2.13. The smallest absolute Gasteiger partial charge is 0.344 e. The molecule has 0 aliphatic heterocycles. The lowest BCUT2D eigenvalue weighted by Gasteiger charge is -2.09. The molecular weight excluding hydrogens is 367 g/mol. The minimum atomic E-state index is -0.722. The maximum atomic E-state index is 12.0. The molecule has 5 nitrogen and oxygen atoms in total. The normalized spacial score (nSPS) is 10.6. The molecule has 0 fully saturated rings. The molecule has 0 aliphatic rings. The Morgan fingerprint density at radius 2 is 1.68 bits per heavy atom. The van der Waals surface area contributed by atoms with Crippen molar-refractivity contribution >= 4 is 45.9 Å². The second-order valence-electron chi connectivity index (χ2n) is 5.07. The van der Waals surface area contributed by atoms with E-state index in [4.69, 9.17) is 37.1 Å². The zero-order valence-corrected chi connectivity index (χ0v) is 14.3. The SMILES string of the molecule is O=C(COc1c(Cl)cccc1Cl)OCC(=O)c1cc2ccccc2o1. The molecule has 1 heterocycles. The number of ketones is 1. The first-order chi connectivity index (χ1) is 12.0. The molecule has 0 radical (unpaired) electrons. The molecule has 2 aromatic carbocycles. The van der Waals surface area contributed by atoms with Gasteiger partial charge in [-0.05, 0) is 24.3 Å². The lowest BCUT2D eigenvalue weighted by atomic mass is 10.2. The first-order valence-corrected chi connectivity index (χ1v) is 8.04. The summed E-state index contributed by atoms with van der Waals surface area (Å²) in [5, 5.41) is 1.35. The lowest BCUT2D eigenvalue weighted by Crippen LogP contribution is -2.19. The molecule has 0 saturated carbocycles. The van der Waals surface area contributed by atoms with Gasteiger partial charge >= 0.3 is 5.97 Å². The molecule has 0 aliphatic carbocycles. The second-order valence-corrected chi connectivity index (χ2v) is 5.89. The van der Waals surface area contributed by atoms with Gasteiger partial charge in [0.05, 0.1) is 10.0 Å². The summed E-state index contributed by atoms with van der Waals surface area (Å²) in [5.74, 6) is -0.851. The van der Waals surface area contributed by atoms with E-state index < -0.39 is 25.0 Å². The summed E-state index contributed by atoms with van der Waals surface area (Å²) in [7, 11) is 0. The molecule has 0 N–H and O–H groups in total. The third kappa shape index (κ3) is 4.13. The van der Waals surface area contributed by atoms with Crippen molar-refractivity contribution in [1.82, 2.24) is 0 Å². The van der Waals surface area contributed by atoms with Crippen molar-refractivity contribution in [2.45, 2.75) is 0 Å². The Bertz CT molecular complexity index is 879. The number of para-hydroxylation sites is 2. The van der Waals surface area contributed by atoms with Gasteiger partial charge < -0.3 is 13.9 Å². The summed E-state index contributed by atoms with van der Waals surface area (Å²) in [5.41, 5.74) is 0.592. The molecule has 0 bridgehead atoms. The average Bonchev–Trinajstić information content (AvgIpc) is 3.03. The highest BCUT2D eigenvalue weighted by atomic mass is 35.5. The second kappa shape index (κ2) is 7.59. The number of benzene rings is 2.